The number of fused-ring (bicyclic) bond motifs is 1. The van der Waals surface area contributed by atoms with Gasteiger partial charge in [0.1, 0.15) is 0 Å². The van der Waals surface area contributed by atoms with Gasteiger partial charge in [0.05, 0.1) is 21.6 Å². The molecular weight excluding hydrogens is 390 g/mol. The molecule has 29 heavy (non-hydrogen) atoms. The van der Waals surface area contributed by atoms with E-state index in [9.17, 15) is 19.2 Å². The fourth-order valence-corrected chi connectivity index (χ4v) is 3.89. The third-order valence-electron chi connectivity index (χ3n) is 4.60. The number of carbonyl (C=O) groups is 4. The van der Waals surface area contributed by atoms with Gasteiger partial charge < -0.3 is 4.74 Å². The summed E-state index contributed by atoms with van der Waals surface area (Å²) in [5, 5.41) is 1.78. The van der Waals surface area contributed by atoms with Gasteiger partial charge in [-0.3, -0.25) is 14.4 Å². The normalized spacial score (nSPS) is 13.9. The van der Waals surface area contributed by atoms with Crippen molar-refractivity contribution in [2.75, 3.05) is 0 Å². The van der Waals surface area contributed by atoms with Crippen molar-refractivity contribution in [3.05, 3.63) is 93.2 Å². The van der Waals surface area contributed by atoms with Gasteiger partial charge in [-0.15, -0.1) is 11.3 Å². The van der Waals surface area contributed by atoms with Crippen molar-refractivity contribution in [1.82, 2.24) is 4.90 Å². The van der Waals surface area contributed by atoms with Crippen LogP contribution in [0.4, 0.5) is 0 Å². The van der Waals surface area contributed by atoms with E-state index in [1.807, 2.05) is 0 Å². The second-order valence-electron chi connectivity index (χ2n) is 6.38. The molecule has 0 radical (unpaired) electrons. The van der Waals surface area contributed by atoms with Crippen molar-refractivity contribution in [1.29, 1.82) is 0 Å². The van der Waals surface area contributed by atoms with Crippen LogP contribution < -0.4 is 0 Å². The molecule has 1 aliphatic rings. The first-order chi connectivity index (χ1) is 14.0. The van der Waals surface area contributed by atoms with Crippen molar-refractivity contribution < 1.29 is 23.9 Å². The van der Waals surface area contributed by atoms with Gasteiger partial charge in [0.25, 0.3) is 11.8 Å². The van der Waals surface area contributed by atoms with E-state index in [4.69, 9.17) is 4.74 Å². The molecule has 2 amide bonds. The molecule has 0 bridgehead atoms. The molecule has 0 N–H and O–H groups in total. The maximum atomic E-state index is 12.8. The minimum absolute atomic E-state index is 0.0781. The summed E-state index contributed by atoms with van der Waals surface area (Å²) in [4.78, 5) is 52.0. The van der Waals surface area contributed by atoms with E-state index in [1.54, 1.807) is 60.0 Å². The summed E-state index contributed by atoms with van der Waals surface area (Å²) in [6.45, 7) is 1.45. The molecule has 0 saturated heterocycles. The minimum atomic E-state index is -1.13. The first-order valence-electron chi connectivity index (χ1n) is 8.84. The molecule has 0 fully saturated rings. The number of carbonyl (C=O) groups excluding carboxylic acids is 4. The molecule has 7 heteroatoms. The van der Waals surface area contributed by atoms with Crippen molar-refractivity contribution in [2.24, 2.45) is 0 Å². The topological polar surface area (TPSA) is 80.8 Å². The Labute approximate surface area is 170 Å². The van der Waals surface area contributed by atoms with Crippen LogP contribution in [-0.2, 0) is 4.74 Å². The van der Waals surface area contributed by atoms with Gasteiger partial charge in [-0.05, 0) is 36.6 Å². The third-order valence-corrected chi connectivity index (χ3v) is 5.47. The number of hydrogen-bond donors (Lipinski definition) is 0. The summed E-state index contributed by atoms with van der Waals surface area (Å²) >= 11 is 1.27. The van der Waals surface area contributed by atoms with Gasteiger partial charge in [-0.2, -0.15) is 0 Å². The number of ether oxygens (including phenoxy) is 1. The Morgan fingerprint density at radius 3 is 2.03 bits per heavy atom. The lowest BCUT2D eigenvalue weighted by Gasteiger charge is -2.22. The Bertz CT molecular complexity index is 1100. The largest absolute Gasteiger partial charge is 0.438 e. The van der Waals surface area contributed by atoms with E-state index in [2.05, 4.69) is 0 Å². The van der Waals surface area contributed by atoms with Crippen molar-refractivity contribution in [3.63, 3.8) is 0 Å². The monoisotopic (exact) mass is 405 g/mol. The van der Waals surface area contributed by atoms with Gasteiger partial charge >= 0.3 is 5.97 Å². The first kappa shape index (κ1) is 18.8. The predicted molar refractivity (Wildman–Crippen MR) is 106 cm³/mol. The third kappa shape index (κ3) is 3.25. The molecular formula is C22H15NO5S. The lowest BCUT2D eigenvalue weighted by molar-refractivity contribution is -0.00850. The molecule has 2 heterocycles. The predicted octanol–water partition coefficient (Wildman–Crippen LogP) is 3.78. The Hall–Kier alpha value is -3.58. The smallest absolute Gasteiger partial charge is 0.340 e. The molecule has 0 saturated carbocycles. The lowest BCUT2D eigenvalue weighted by Crippen LogP contribution is -2.41. The summed E-state index contributed by atoms with van der Waals surface area (Å²) in [5.41, 5.74) is 0.825. The number of amides is 2. The van der Waals surface area contributed by atoms with Crippen LogP contribution in [-0.4, -0.2) is 34.7 Å². The molecule has 0 aliphatic carbocycles. The second-order valence-corrected chi connectivity index (χ2v) is 7.33. The number of ketones is 1. The molecule has 6 nitrogen and oxygen atoms in total. The number of rotatable bonds is 5. The molecule has 1 aliphatic heterocycles. The summed E-state index contributed by atoms with van der Waals surface area (Å²) in [6.07, 6.45) is -1.13. The number of thiophene rings is 1. The quantitative estimate of drug-likeness (QED) is 0.367. The van der Waals surface area contributed by atoms with E-state index in [0.29, 0.717) is 4.88 Å². The zero-order chi connectivity index (χ0) is 20.5. The number of esters is 1. The Kier molecular flexibility index (Phi) is 4.82. The van der Waals surface area contributed by atoms with Crippen LogP contribution in [0.1, 0.15) is 53.2 Å². The van der Waals surface area contributed by atoms with E-state index in [0.717, 1.165) is 4.90 Å². The summed E-state index contributed by atoms with van der Waals surface area (Å²) in [5.74, 6) is -2.11. The standard InChI is InChI=1S/C22H15NO5S/c1-13(23-20(25)15-8-3-4-9-16(15)21(23)26)28-22(27)17-10-5-2-7-14(17)19(24)18-11-6-12-29-18/h2-13H,1H3. The molecule has 1 atom stereocenters. The van der Waals surface area contributed by atoms with Crippen LogP contribution >= 0.6 is 11.3 Å². The highest BCUT2D eigenvalue weighted by Crippen LogP contribution is 2.26. The minimum Gasteiger partial charge on any atom is -0.438 e. The highest BCUT2D eigenvalue weighted by molar-refractivity contribution is 7.12. The highest BCUT2D eigenvalue weighted by Gasteiger charge is 2.40. The van der Waals surface area contributed by atoms with Crippen molar-refractivity contribution in [2.45, 2.75) is 13.2 Å². The zero-order valence-electron chi connectivity index (χ0n) is 15.3. The number of imide groups is 1. The molecule has 144 valence electrons. The second kappa shape index (κ2) is 7.44. The van der Waals surface area contributed by atoms with Crippen LogP contribution in [0.2, 0.25) is 0 Å². The van der Waals surface area contributed by atoms with Gasteiger partial charge in [0, 0.05) is 5.56 Å². The number of benzene rings is 2. The lowest BCUT2D eigenvalue weighted by atomic mass is 10.0. The van der Waals surface area contributed by atoms with Crippen LogP contribution in [0.25, 0.3) is 0 Å². The maximum Gasteiger partial charge on any atom is 0.340 e. The number of nitrogens with zero attached hydrogens (tertiary/aromatic N) is 1. The van der Waals surface area contributed by atoms with Crippen LogP contribution in [0.5, 0.6) is 0 Å². The van der Waals surface area contributed by atoms with E-state index >= 15 is 0 Å². The van der Waals surface area contributed by atoms with Crippen molar-refractivity contribution >= 4 is 34.9 Å². The Morgan fingerprint density at radius 2 is 1.45 bits per heavy atom. The van der Waals surface area contributed by atoms with Crippen LogP contribution in [0.3, 0.4) is 0 Å². The maximum absolute atomic E-state index is 12.8. The average molecular weight is 405 g/mol. The molecule has 4 rings (SSSR count). The average Bonchev–Trinajstić information content (AvgIpc) is 3.35. The van der Waals surface area contributed by atoms with Gasteiger partial charge in [-0.25, -0.2) is 9.69 Å². The summed E-state index contributed by atoms with van der Waals surface area (Å²) in [7, 11) is 0. The SMILES string of the molecule is CC(OC(=O)c1ccccc1C(=O)c1cccs1)N1C(=O)c2ccccc2C1=O. The summed E-state index contributed by atoms with van der Waals surface area (Å²) < 4.78 is 5.40. The van der Waals surface area contributed by atoms with Crippen molar-refractivity contribution in [3.8, 4) is 0 Å². The van der Waals surface area contributed by atoms with E-state index in [-0.39, 0.29) is 28.0 Å². The van der Waals surface area contributed by atoms with Crippen LogP contribution in [0.15, 0.2) is 66.0 Å². The van der Waals surface area contributed by atoms with Crippen LogP contribution in [0, 0.1) is 0 Å². The summed E-state index contributed by atoms with van der Waals surface area (Å²) in [6, 6.07) is 16.2. The molecule has 2 aromatic carbocycles. The number of hydrogen-bond acceptors (Lipinski definition) is 6. The molecule has 3 aromatic rings. The van der Waals surface area contributed by atoms with E-state index < -0.39 is 24.0 Å². The Morgan fingerprint density at radius 1 is 0.862 bits per heavy atom. The van der Waals surface area contributed by atoms with Gasteiger partial charge in [-0.1, -0.05) is 36.4 Å². The zero-order valence-corrected chi connectivity index (χ0v) is 16.1. The fraction of sp³-hybridized carbons (Fsp3) is 0.0909. The van der Waals surface area contributed by atoms with Gasteiger partial charge in [0.15, 0.2) is 6.23 Å². The highest BCUT2D eigenvalue weighted by atomic mass is 32.1. The van der Waals surface area contributed by atoms with E-state index in [1.165, 1.54) is 24.3 Å². The fourth-order valence-electron chi connectivity index (χ4n) is 3.21. The molecule has 1 unspecified atom stereocenters. The first-order valence-corrected chi connectivity index (χ1v) is 9.72. The van der Waals surface area contributed by atoms with Gasteiger partial charge in [0.2, 0.25) is 5.78 Å². The molecule has 0 spiro atoms. The molecule has 1 aromatic heterocycles. The Balaban J connectivity index is 1.57.